The van der Waals surface area contributed by atoms with Crippen LogP contribution in [0.25, 0.3) is 0 Å². The normalized spacial score (nSPS) is 10.3. The maximum atomic E-state index is 13.1. The Bertz CT molecular complexity index is 639. The van der Waals surface area contributed by atoms with Gasteiger partial charge in [-0.15, -0.1) is 0 Å². The molecule has 104 valence electrons. The molecule has 2 N–H and O–H groups in total. The molecule has 0 heterocycles. The summed E-state index contributed by atoms with van der Waals surface area (Å²) in [4.78, 5) is 11.8. The highest BCUT2D eigenvalue weighted by Crippen LogP contribution is 2.18. The van der Waals surface area contributed by atoms with E-state index in [4.69, 9.17) is 10.5 Å². The number of carbonyl (C=O) groups excluding carboxylic acids is 1. The zero-order valence-electron chi connectivity index (χ0n) is 10.8. The van der Waals surface area contributed by atoms with E-state index >= 15 is 0 Å². The van der Waals surface area contributed by atoms with E-state index < -0.39 is 17.6 Å². The van der Waals surface area contributed by atoms with Crippen molar-refractivity contribution >= 4 is 11.7 Å². The van der Waals surface area contributed by atoms with Crippen molar-refractivity contribution in [2.75, 3.05) is 5.73 Å². The van der Waals surface area contributed by atoms with Crippen LogP contribution in [0.5, 0.6) is 0 Å². The van der Waals surface area contributed by atoms with Crippen LogP contribution in [0.4, 0.5) is 14.5 Å². The fourth-order valence-corrected chi connectivity index (χ4v) is 1.65. The van der Waals surface area contributed by atoms with Gasteiger partial charge in [-0.25, -0.2) is 13.6 Å². The molecule has 0 aromatic heterocycles. The summed E-state index contributed by atoms with van der Waals surface area (Å²) in [7, 11) is 0. The van der Waals surface area contributed by atoms with Crippen LogP contribution in [0, 0.1) is 18.6 Å². The zero-order chi connectivity index (χ0) is 14.7. The van der Waals surface area contributed by atoms with Crippen LogP contribution in [-0.2, 0) is 11.3 Å². The molecule has 0 amide bonds. The predicted molar refractivity (Wildman–Crippen MR) is 71.1 cm³/mol. The maximum absolute atomic E-state index is 13.1. The monoisotopic (exact) mass is 277 g/mol. The van der Waals surface area contributed by atoms with Crippen LogP contribution in [0.2, 0.25) is 0 Å². The molecule has 5 heteroatoms. The lowest BCUT2D eigenvalue weighted by Crippen LogP contribution is -2.09. The van der Waals surface area contributed by atoms with Crippen molar-refractivity contribution in [3.8, 4) is 0 Å². The van der Waals surface area contributed by atoms with Crippen LogP contribution < -0.4 is 5.73 Å². The first-order chi connectivity index (χ1) is 9.47. The van der Waals surface area contributed by atoms with Crippen molar-refractivity contribution in [1.29, 1.82) is 0 Å². The Morgan fingerprint density at radius 3 is 2.40 bits per heavy atom. The Balaban J connectivity index is 2.09. The highest BCUT2D eigenvalue weighted by Gasteiger charge is 2.15. The van der Waals surface area contributed by atoms with Crippen molar-refractivity contribution in [2.24, 2.45) is 0 Å². The number of ether oxygens (including phenoxy) is 1. The first-order valence-electron chi connectivity index (χ1n) is 5.94. The number of nitrogen functional groups attached to an aromatic ring is 1. The van der Waals surface area contributed by atoms with Crippen LogP contribution in [0.3, 0.4) is 0 Å². The summed E-state index contributed by atoms with van der Waals surface area (Å²) in [5.41, 5.74) is 7.02. The molecule has 2 rings (SSSR count). The van der Waals surface area contributed by atoms with Crippen molar-refractivity contribution in [3.63, 3.8) is 0 Å². The van der Waals surface area contributed by atoms with Crippen LogP contribution in [0.1, 0.15) is 21.5 Å². The summed E-state index contributed by atoms with van der Waals surface area (Å²) in [5.74, 6) is -3.03. The molecule has 2 aromatic carbocycles. The minimum Gasteiger partial charge on any atom is -0.457 e. The molecule has 0 bridgehead atoms. The molecule has 0 spiro atoms. The van der Waals surface area contributed by atoms with Crippen molar-refractivity contribution in [2.45, 2.75) is 13.5 Å². The van der Waals surface area contributed by atoms with Crippen molar-refractivity contribution in [1.82, 2.24) is 0 Å². The van der Waals surface area contributed by atoms with Gasteiger partial charge < -0.3 is 10.5 Å². The number of carbonyl (C=O) groups is 1. The van der Waals surface area contributed by atoms with Gasteiger partial charge >= 0.3 is 5.97 Å². The second-order valence-corrected chi connectivity index (χ2v) is 4.42. The lowest BCUT2D eigenvalue weighted by atomic mass is 10.1. The average Bonchev–Trinajstić information content (AvgIpc) is 2.42. The van der Waals surface area contributed by atoms with Gasteiger partial charge in [0.05, 0.1) is 5.56 Å². The Morgan fingerprint density at radius 2 is 1.75 bits per heavy atom. The number of benzene rings is 2. The number of halogens is 2. The fourth-order valence-electron chi connectivity index (χ4n) is 1.65. The number of nitrogens with two attached hydrogens (primary N) is 1. The SMILES string of the molecule is Cc1ccc(COC(=O)c2cc(F)c(F)cc2N)cc1. The van der Waals surface area contributed by atoms with Crippen LogP contribution >= 0.6 is 0 Å². The molecule has 3 nitrogen and oxygen atoms in total. The second kappa shape index (κ2) is 5.69. The third-order valence-electron chi connectivity index (χ3n) is 2.80. The predicted octanol–water partition coefficient (Wildman–Crippen LogP) is 3.21. The van der Waals surface area contributed by atoms with E-state index in [9.17, 15) is 13.6 Å². The highest BCUT2D eigenvalue weighted by atomic mass is 19.2. The summed E-state index contributed by atoms with van der Waals surface area (Å²) >= 11 is 0. The van der Waals surface area contributed by atoms with E-state index in [0.29, 0.717) is 0 Å². The van der Waals surface area contributed by atoms with Gasteiger partial charge in [-0.1, -0.05) is 29.8 Å². The maximum Gasteiger partial charge on any atom is 0.340 e. The summed E-state index contributed by atoms with van der Waals surface area (Å²) in [6.45, 7) is 1.98. The molecule has 0 aliphatic rings. The minimum absolute atomic E-state index is 0.0392. The fraction of sp³-hybridized carbons (Fsp3) is 0.133. The van der Waals surface area contributed by atoms with Gasteiger partial charge in [0.2, 0.25) is 0 Å². The van der Waals surface area contributed by atoms with Crippen molar-refractivity contribution < 1.29 is 18.3 Å². The molecule has 20 heavy (non-hydrogen) atoms. The molecule has 0 atom stereocenters. The van der Waals surface area contributed by atoms with E-state index in [2.05, 4.69) is 0 Å². The van der Waals surface area contributed by atoms with Crippen molar-refractivity contribution in [3.05, 3.63) is 64.7 Å². The summed E-state index contributed by atoms with van der Waals surface area (Å²) in [6.07, 6.45) is 0. The first-order valence-corrected chi connectivity index (χ1v) is 5.94. The van der Waals surface area contributed by atoms with Crippen LogP contribution in [-0.4, -0.2) is 5.97 Å². The van der Waals surface area contributed by atoms with E-state index in [1.54, 1.807) is 0 Å². The largest absolute Gasteiger partial charge is 0.457 e. The molecule has 0 saturated carbocycles. The Labute approximate surface area is 115 Å². The number of hydrogen-bond acceptors (Lipinski definition) is 3. The number of rotatable bonds is 3. The highest BCUT2D eigenvalue weighted by molar-refractivity contribution is 5.95. The minimum atomic E-state index is -1.14. The van der Waals surface area contributed by atoms with E-state index in [1.165, 1.54) is 0 Å². The molecule has 2 aromatic rings. The molecule has 0 aliphatic carbocycles. The van der Waals surface area contributed by atoms with E-state index in [1.807, 2.05) is 31.2 Å². The lowest BCUT2D eigenvalue weighted by molar-refractivity contribution is 0.0473. The van der Waals surface area contributed by atoms with Crippen LogP contribution in [0.15, 0.2) is 36.4 Å². The standard InChI is InChI=1S/C15H13F2NO2/c1-9-2-4-10(5-3-9)8-20-15(19)11-6-12(16)13(17)7-14(11)18/h2-7H,8,18H2,1H3. The quantitative estimate of drug-likeness (QED) is 0.692. The zero-order valence-corrected chi connectivity index (χ0v) is 10.8. The van der Waals surface area contributed by atoms with Gasteiger partial charge in [0.25, 0.3) is 0 Å². The van der Waals surface area contributed by atoms with Gasteiger partial charge in [0.15, 0.2) is 11.6 Å². The molecule has 0 aliphatic heterocycles. The summed E-state index contributed by atoms with van der Waals surface area (Å²) < 4.78 is 31.0. The van der Waals surface area contributed by atoms with Gasteiger partial charge in [-0.3, -0.25) is 0 Å². The summed E-state index contributed by atoms with van der Waals surface area (Å²) in [5, 5.41) is 0. The average molecular weight is 277 g/mol. The molecular formula is C15H13F2NO2. The molecule has 0 fully saturated rings. The topological polar surface area (TPSA) is 52.3 Å². The third kappa shape index (κ3) is 3.12. The molecule has 0 radical (unpaired) electrons. The number of aryl methyl sites for hydroxylation is 1. The second-order valence-electron chi connectivity index (χ2n) is 4.42. The van der Waals surface area contributed by atoms with Gasteiger partial charge in [0.1, 0.15) is 6.61 Å². The molecule has 0 saturated heterocycles. The van der Waals surface area contributed by atoms with E-state index in [-0.39, 0.29) is 17.9 Å². The summed E-state index contributed by atoms with van der Waals surface area (Å²) in [6, 6.07) is 8.90. The number of hydrogen-bond donors (Lipinski definition) is 1. The number of anilines is 1. The Hall–Kier alpha value is -2.43. The number of esters is 1. The third-order valence-corrected chi connectivity index (χ3v) is 2.80. The van der Waals surface area contributed by atoms with Gasteiger partial charge in [-0.2, -0.15) is 0 Å². The van der Waals surface area contributed by atoms with Gasteiger partial charge in [-0.05, 0) is 18.6 Å². The Morgan fingerprint density at radius 1 is 1.15 bits per heavy atom. The first kappa shape index (κ1) is 14.0. The molecule has 0 unspecified atom stereocenters. The smallest absolute Gasteiger partial charge is 0.340 e. The lowest BCUT2D eigenvalue weighted by Gasteiger charge is -2.08. The molecular weight excluding hydrogens is 264 g/mol. The van der Waals surface area contributed by atoms with Gasteiger partial charge in [0, 0.05) is 11.8 Å². The Kier molecular flexibility index (Phi) is 3.98. The van der Waals surface area contributed by atoms with E-state index in [0.717, 1.165) is 23.3 Å².